The number of nitrogens with zero attached hydrogens (tertiary/aromatic N) is 1. The van der Waals surface area contributed by atoms with Gasteiger partial charge < -0.3 is 10.1 Å². The number of carbonyl (C=O) groups is 1. The lowest BCUT2D eigenvalue weighted by Crippen LogP contribution is -2.19. The van der Waals surface area contributed by atoms with Crippen LogP contribution >= 0.6 is 23.4 Å². The Labute approximate surface area is 175 Å². The molecule has 0 bridgehead atoms. The molecule has 1 amide bonds. The van der Waals surface area contributed by atoms with E-state index in [1.165, 1.54) is 31.0 Å². The highest BCUT2D eigenvalue weighted by atomic mass is 35.5. The second-order valence-electron chi connectivity index (χ2n) is 6.44. The maximum atomic E-state index is 12.2. The van der Waals surface area contributed by atoms with E-state index >= 15 is 0 Å². The van der Waals surface area contributed by atoms with Crippen molar-refractivity contribution in [1.82, 2.24) is 5.32 Å². The molecule has 0 saturated carbocycles. The number of hydrogen-bond donors (Lipinski definition) is 1. The summed E-state index contributed by atoms with van der Waals surface area (Å²) in [6.45, 7) is 2.94. The van der Waals surface area contributed by atoms with E-state index < -0.39 is 0 Å². The summed E-state index contributed by atoms with van der Waals surface area (Å²) in [4.78, 5) is 17.3. The molecule has 3 rings (SSSR count). The Bertz CT molecular complexity index is 861. The number of carbonyl (C=O) groups excluding carboxylic acids is 1. The summed E-state index contributed by atoms with van der Waals surface area (Å²) < 4.78 is 5.76. The number of halogens is 1. The second kappa shape index (κ2) is 10.3. The van der Waals surface area contributed by atoms with Crippen molar-refractivity contribution in [3.05, 3.63) is 64.0 Å². The van der Waals surface area contributed by atoms with E-state index in [-0.39, 0.29) is 5.91 Å². The summed E-state index contributed by atoms with van der Waals surface area (Å²) in [5, 5.41) is 4.01. The number of unbranched alkanes of at least 4 members (excludes halogenated alkanes) is 3. The van der Waals surface area contributed by atoms with Gasteiger partial charge in [0.05, 0.1) is 17.2 Å². The number of benzene rings is 2. The van der Waals surface area contributed by atoms with Gasteiger partial charge in [0.25, 0.3) is 5.91 Å². The first kappa shape index (κ1) is 20.5. The Balaban J connectivity index is 1.58. The molecular formula is C22H23ClN2O2S. The fourth-order valence-electron chi connectivity index (χ4n) is 2.64. The van der Waals surface area contributed by atoms with Crippen molar-refractivity contribution in [2.45, 2.75) is 32.6 Å². The Morgan fingerprint density at radius 2 is 1.82 bits per heavy atom. The topological polar surface area (TPSA) is 50.7 Å². The second-order valence-corrected chi connectivity index (χ2v) is 7.90. The minimum atomic E-state index is -0.144. The highest BCUT2D eigenvalue weighted by Gasteiger charge is 2.23. The largest absolute Gasteiger partial charge is 0.494 e. The number of aliphatic imine (C=N–C) groups is 1. The molecule has 0 aliphatic carbocycles. The Kier molecular flexibility index (Phi) is 7.57. The van der Waals surface area contributed by atoms with Gasteiger partial charge in [0.15, 0.2) is 5.17 Å². The number of ether oxygens (including phenoxy) is 1. The van der Waals surface area contributed by atoms with Gasteiger partial charge in [-0.05, 0) is 66.2 Å². The molecule has 1 heterocycles. The average Bonchev–Trinajstić information content (AvgIpc) is 3.03. The van der Waals surface area contributed by atoms with Crippen molar-refractivity contribution < 1.29 is 9.53 Å². The molecule has 1 N–H and O–H groups in total. The molecule has 2 aromatic rings. The van der Waals surface area contributed by atoms with Gasteiger partial charge in [-0.2, -0.15) is 0 Å². The summed E-state index contributed by atoms with van der Waals surface area (Å²) >= 11 is 7.21. The van der Waals surface area contributed by atoms with Gasteiger partial charge in [-0.25, -0.2) is 4.99 Å². The smallest absolute Gasteiger partial charge is 0.264 e. The van der Waals surface area contributed by atoms with Crippen LogP contribution in [0.15, 0.2) is 58.4 Å². The predicted molar refractivity (Wildman–Crippen MR) is 118 cm³/mol. The predicted octanol–water partition coefficient (Wildman–Crippen LogP) is 6.19. The number of rotatable bonds is 8. The molecule has 146 valence electrons. The van der Waals surface area contributed by atoms with Crippen molar-refractivity contribution in [1.29, 1.82) is 0 Å². The summed E-state index contributed by atoms with van der Waals surface area (Å²) in [6, 6.07) is 14.9. The van der Waals surface area contributed by atoms with E-state index in [4.69, 9.17) is 16.3 Å². The van der Waals surface area contributed by atoms with Crippen LogP contribution in [-0.4, -0.2) is 17.7 Å². The Hall–Kier alpha value is -2.24. The quantitative estimate of drug-likeness (QED) is 0.413. The van der Waals surface area contributed by atoms with E-state index in [0.717, 1.165) is 30.0 Å². The summed E-state index contributed by atoms with van der Waals surface area (Å²) in [6.07, 6.45) is 6.61. The Morgan fingerprint density at radius 1 is 1.07 bits per heavy atom. The van der Waals surface area contributed by atoms with E-state index in [1.54, 1.807) is 12.1 Å². The molecule has 28 heavy (non-hydrogen) atoms. The summed E-state index contributed by atoms with van der Waals surface area (Å²) in [5.41, 5.74) is 1.69. The van der Waals surface area contributed by atoms with Crippen molar-refractivity contribution in [2.24, 2.45) is 4.99 Å². The maximum Gasteiger partial charge on any atom is 0.264 e. The van der Waals surface area contributed by atoms with Crippen LogP contribution in [-0.2, 0) is 4.79 Å². The zero-order valence-corrected chi connectivity index (χ0v) is 17.4. The first-order chi connectivity index (χ1) is 13.6. The third-order valence-corrected chi connectivity index (χ3v) is 5.31. The van der Waals surface area contributed by atoms with Crippen LogP contribution in [0.3, 0.4) is 0 Å². The average molecular weight is 415 g/mol. The number of nitrogens with one attached hydrogen (secondary N) is 1. The molecule has 0 aromatic heterocycles. The zero-order chi connectivity index (χ0) is 19.8. The van der Waals surface area contributed by atoms with Crippen molar-refractivity contribution in [3.63, 3.8) is 0 Å². The zero-order valence-electron chi connectivity index (χ0n) is 15.8. The highest BCUT2D eigenvalue weighted by molar-refractivity contribution is 8.18. The molecule has 1 fully saturated rings. The molecule has 2 aromatic carbocycles. The fraction of sp³-hybridized carbons (Fsp3) is 0.273. The van der Waals surface area contributed by atoms with Crippen molar-refractivity contribution in [2.75, 3.05) is 6.61 Å². The summed E-state index contributed by atoms with van der Waals surface area (Å²) in [7, 11) is 0. The van der Waals surface area contributed by atoms with E-state index in [2.05, 4.69) is 17.2 Å². The molecule has 0 spiro atoms. The van der Waals surface area contributed by atoms with Gasteiger partial charge in [0.2, 0.25) is 0 Å². The fourth-order valence-corrected chi connectivity index (χ4v) is 3.61. The van der Waals surface area contributed by atoms with Crippen LogP contribution in [0.25, 0.3) is 6.08 Å². The molecule has 0 radical (unpaired) electrons. The minimum Gasteiger partial charge on any atom is -0.494 e. The highest BCUT2D eigenvalue weighted by Crippen LogP contribution is 2.28. The Morgan fingerprint density at radius 3 is 2.54 bits per heavy atom. The first-order valence-electron chi connectivity index (χ1n) is 9.42. The van der Waals surface area contributed by atoms with Gasteiger partial charge in [-0.1, -0.05) is 49.9 Å². The van der Waals surface area contributed by atoms with E-state index in [1.807, 2.05) is 42.5 Å². The number of amidine groups is 1. The third-order valence-electron chi connectivity index (χ3n) is 4.15. The number of thioether (sulfide) groups is 1. The van der Waals surface area contributed by atoms with Crippen LogP contribution in [0, 0.1) is 0 Å². The van der Waals surface area contributed by atoms with E-state index in [9.17, 15) is 4.79 Å². The van der Waals surface area contributed by atoms with Gasteiger partial charge >= 0.3 is 0 Å². The molecule has 6 heteroatoms. The molecule has 0 unspecified atom stereocenters. The lowest BCUT2D eigenvalue weighted by molar-refractivity contribution is -0.115. The van der Waals surface area contributed by atoms with Crippen LogP contribution < -0.4 is 10.1 Å². The molecule has 1 saturated heterocycles. The lowest BCUT2D eigenvalue weighted by atomic mass is 10.2. The normalized spacial score (nSPS) is 16.6. The van der Waals surface area contributed by atoms with Crippen molar-refractivity contribution >= 4 is 46.2 Å². The molecule has 4 nitrogen and oxygen atoms in total. The van der Waals surface area contributed by atoms with Crippen LogP contribution in [0.4, 0.5) is 5.69 Å². The summed E-state index contributed by atoms with van der Waals surface area (Å²) in [5.74, 6) is 0.709. The molecular weight excluding hydrogens is 392 g/mol. The monoisotopic (exact) mass is 414 g/mol. The van der Waals surface area contributed by atoms with Crippen molar-refractivity contribution in [3.8, 4) is 5.75 Å². The van der Waals surface area contributed by atoms with Crippen LogP contribution in [0.1, 0.15) is 38.2 Å². The SMILES string of the molecule is CCCCCCOc1ccc(/C=C2/SC(=Nc3ccc(Cl)cc3)NC2=O)cc1. The van der Waals surface area contributed by atoms with Gasteiger partial charge in [0.1, 0.15) is 5.75 Å². The number of hydrogen-bond acceptors (Lipinski definition) is 4. The minimum absolute atomic E-state index is 0.144. The van der Waals surface area contributed by atoms with Gasteiger partial charge in [-0.3, -0.25) is 4.79 Å². The van der Waals surface area contributed by atoms with Crippen LogP contribution in [0.5, 0.6) is 5.75 Å². The molecule has 1 aliphatic rings. The molecule has 1 aliphatic heterocycles. The molecule has 0 atom stereocenters. The van der Waals surface area contributed by atoms with Gasteiger partial charge in [-0.15, -0.1) is 0 Å². The first-order valence-corrected chi connectivity index (χ1v) is 10.6. The lowest BCUT2D eigenvalue weighted by Gasteiger charge is -2.06. The number of amides is 1. The van der Waals surface area contributed by atoms with Crippen LogP contribution in [0.2, 0.25) is 5.02 Å². The van der Waals surface area contributed by atoms with E-state index in [0.29, 0.717) is 15.1 Å². The van der Waals surface area contributed by atoms with Gasteiger partial charge in [0, 0.05) is 5.02 Å². The standard InChI is InChI=1S/C22H23ClN2O2S/c1-2-3-4-5-14-27-19-12-6-16(7-13-19)15-20-21(26)25-22(28-20)24-18-10-8-17(23)9-11-18/h6-13,15H,2-5,14H2,1H3,(H,24,25,26)/b20-15+. The maximum absolute atomic E-state index is 12.2. The third kappa shape index (κ3) is 6.14.